The smallest absolute Gasteiger partial charge is 0.338 e. The van der Waals surface area contributed by atoms with Crippen molar-refractivity contribution in [2.45, 2.75) is 9.79 Å². The maximum absolute atomic E-state index is 11.6. The molecule has 2 rings (SSSR count). The first-order chi connectivity index (χ1) is 9.10. The fraction of sp³-hybridized carbons (Fsp3) is 0.0714. The normalized spacial score (nSPS) is 10.3. The highest BCUT2D eigenvalue weighted by atomic mass is 127. The molecule has 0 saturated heterocycles. The van der Waals surface area contributed by atoms with Gasteiger partial charge in [-0.25, -0.2) is 4.79 Å². The van der Waals surface area contributed by atoms with E-state index in [1.54, 1.807) is 11.8 Å². The number of rotatable bonds is 3. The molecule has 0 amide bonds. The lowest BCUT2D eigenvalue weighted by molar-refractivity contribution is 0.0599. The highest BCUT2D eigenvalue weighted by Gasteiger charge is 2.11. The van der Waals surface area contributed by atoms with Crippen LogP contribution in [0.3, 0.4) is 0 Å². The summed E-state index contributed by atoms with van der Waals surface area (Å²) in [4.78, 5) is 13.8. The van der Waals surface area contributed by atoms with Gasteiger partial charge in [0.15, 0.2) is 0 Å². The summed E-state index contributed by atoms with van der Waals surface area (Å²) in [5.74, 6) is -0.303. The molecule has 0 aromatic heterocycles. The molecular formula is C14H10BrIO2S. The van der Waals surface area contributed by atoms with Crippen LogP contribution < -0.4 is 0 Å². The van der Waals surface area contributed by atoms with Gasteiger partial charge in [0, 0.05) is 17.8 Å². The minimum absolute atomic E-state index is 0.303. The van der Waals surface area contributed by atoms with E-state index in [0.29, 0.717) is 5.56 Å². The van der Waals surface area contributed by atoms with Gasteiger partial charge in [-0.1, -0.05) is 27.7 Å². The van der Waals surface area contributed by atoms with Gasteiger partial charge in [-0.3, -0.25) is 0 Å². The summed E-state index contributed by atoms with van der Waals surface area (Å²) in [7, 11) is 1.40. The number of hydrogen-bond donors (Lipinski definition) is 0. The van der Waals surface area contributed by atoms with Gasteiger partial charge in [-0.15, -0.1) is 0 Å². The molecule has 0 radical (unpaired) electrons. The quantitative estimate of drug-likeness (QED) is 0.488. The van der Waals surface area contributed by atoms with Gasteiger partial charge in [-0.2, -0.15) is 0 Å². The summed E-state index contributed by atoms with van der Waals surface area (Å²) >= 11 is 7.16. The summed E-state index contributed by atoms with van der Waals surface area (Å²) in [6, 6.07) is 13.8. The number of esters is 1. The van der Waals surface area contributed by atoms with Gasteiger partial charge in [0.2, 0.25) is 0 Å². The summed E-state index contributed by atoms with van der Waals surface area (Å²) < 4.78 is 6.72. The van der Waals surface area contributed by atoms with Crippen molar-refractivity contribution in [3.05, 3.63) is 56.1 Å². The van der Waals surface area contributed by atoms with Crippen LogP contribution in [-0.2, 0) is 4.74 Å². The van der Waals surface area contributed by atoms with Crippen molar-refractivity contribution >= 4 is 56.3 Å². The molecule has 0 saturated carbocycles. The minimum Gasteiger partial charge on any atom is -0.465 e. The number of halogens is 2. The van der Waals surface area contributed by atoms with E-state index in [0.717, 1.165) is 17.8 Å². The van der Waals surface area contributed by atoms with Crippen LogP contribution in [0, 0.1) is 3.57 Å². The second-order valence-electron chi connectivity index (χ2n) is 3.69. The Hall–Kier alpha value is -0.530. The van der Waals surface area contributed by atoms with Crippen molar-refractivity contribution in [1.82, 2.24) is 0 Å². The maximum Gasteiger partial charge on any atom is 0.338 e. The van der Waals surface area contributed by atoms with E-state index in [1.165, 1.54) is 7.11 Å². The van der Waals surface area contributed by atoms with Crippen LogP contribution >= 0.6 is 50.3 Å². The van der Waals surface area contributed by atoms with E-state index in [2.05, 4.69) is 38.5 Å². The molecule has 0 spiro atoms. The van der Waals surface area contributed by atoms with E-state index in [1.807, 2.05) is 42.5 Å². The van der Waals surface area contributed by atoms with Gasteiger partial charge in [0.1, 0.15) is 0 Å². The third-order valence-electron chi connectivity index (χ3n) is 2.39. The molecule has 2 nitrogen and oxygen atoms in total. The van der Waals surface area contributed by atoms with Crippen LogP contribution in [0.4, 0.5) is 0 Å². The number of ether oxygens (including phenoxy) is 1. The van der Waals surface area contributed by atoms with E-state index < -0.39 is 0 Å². The Bertz CT molecular complexity index is 599. The van der Waals surface area contributed by atoms with E-state index in [-0.39, 0.29) is 5.97 Å². The zero-order chi connectivity index (χ0) is 13.8. The number of benzene rings is 2. The molecule has 19 heavy (non-hydrogen) atoms. The SMILES string of the molecule is COC(=O)c1cc(Sc2ccc(Br)cc2)ccc1I. The largest absolute Gasteiger partial charge is 0.465 e. The molecule has 0 bridgehead atoms. The molecule has 98 valence electrons. The number of methoxy groups -OCH3 is 1. The van der Waals surface area contributed by atoms with Crippen LogP contribution in [-0.4, -0.2) is 13.1 Å². The molecule has 0 fully saturated rings. The molecule has 2 aromatic carbocycles. The highest BCUT2D eigenvalue weighted by molar-refractivity contribution is 14.1. The second kappa shape index (κ2) is 6.76. The van der Waals surface area contributed by atoms with Crippen LogP contribution in [0.25, 0.3) is 0 Å². The fourth-order valence-corrected chi connectivity index (χ4v) is 3.15. The Labute approximate surface area is 138 Å². The van der Waals surface area contributed by atoms with Crippen LogP contribution in [0.5, 0.6) is 0 Å². The first-order valence-electron chi connectivity index (χ1n) is 5.41. The topological polar surface area (TPSA) is 26.3 Å². The third-order valence-corrected chi connectivity index (χ3v) is 4.86. The minimum atomic E-state index is -0.303. The average molecular weight is 449 g/mol. The zero-order valence-electron chi connectivity index (χ0n) is 10.0. The molecule has 0 aliphatic heterocycles. The van der Waals surface area contributed by atoms with Gasteiger partial charge >= 0.3 is 5.97 Å². The standard InChI is InChI=1S/C14H10BrIO2S/c1-18-14(17)12-8-11(6-7-13(12)16)19-10-4-2-9(15)3-5-10/h2-8H,1H3. The summed E-state index contributed by atoms with van der Waals surface area (Å²) in [5.41, 5.74) is 0.602. The lowest BCUT2D eigenvalue weighted by Gasteiger charge is -2.06. The Morgan fingerprint density at radius 3 is 2.42 bits per heavy atom. The molecule has 5 heteroatoms. The summed E-state index contributed by atoms with van der Waals surface area (Å²) in [6.07, 6.45) is 0. The van der Waals surface area contributed by atoms with Gasteiger partial charge in [-0.05, 0) is 65.1 Å². The predicted molar refractivity (Wildman–Crippen MR) is 88.8 cm³/mol. The molecule has 0 aliphatic carbocycles. The van der Waals surface area contributed by atoms with Crippen LogP contribution in [0.15, 0.2) is 56.7 Å². The molecule has 0 atom stereocenters. The number of carbonyl (C=O) groups excluding carboxylic acids is 1. The van der Waals surface area contributed by atoms with Crippen molar-refractivity contribution in [3.63, 3.8) is 0 Å². The molecule has 0 aliphatic rings. The van der Waals surface area contributed by atoms with Crippen LogP contribution in [0.1, 0.15) is 10.4 Å². The summed E-state index contributed by atoms with van der Waals surface area (Å²) in [6.45, 7) is 0. The van der Waals surface area contributed by atoms with Gasteiger partial charge < -0.3 is 4.74 Å². The van der Waals surface area contributed by atoms with Crippen molar-refractivity contribution in [1.29, 1.82) is 0 Å². The van der Waals surface area contributed by atoms with E-state index in [9.17, 15) is 4.79 Å². The molecular weight excluding hydrogens is 439 g/mol. The Balaban J connectivity index is 2.26. The van der Waals surface area contributed by atoms with Crippen molar-refractivity contribution < 1.29 is 9.53 Å². The monoisotopic (exact) mass is 448 g/mol. The van der Waals surface area contributed by atoms with Crippen molar-refractivity contribution in [2.24, 2.45) is 0 Å². The Morgan fingerprint density at radius 1 is 1.16 bits per heavy atom. The molecule has 0 unspecified atom stereocenters. The molecule has 0 N–H and O–H groups in total. The number of hydrogen-bond acceptors (Lipinski definition) is 3. The van der Waals surface area contributed by atoms with Crippen LogP contribution in [0.2, 0.25) is 0 Å². The molecule has 2 aromatic rings. The Morgan fingerprint density at radius 2 is 1.79 bits per heavy atom. The Kier molecular flexibility index (Phi) is 5.29. The van der Waals surface area contributed by atoms with E-state index in [4.69, 9.17) is 4.74 Å². The summed E-state index contributed by atoms with van der Waals surface area (Å²) in [5, 5.41) is 0. The van der Waals surface area contributed by atoms with Crippen molar-refractivity contribution in [2.75, 3.05) is 7.11 Å². The predicted octanol–water partition coefficient (Wildman–Crippen LogP) is 4.99. The average Bonchev–Trinajstić information content (AvgIpc) is 2.42. The number of carbonyl (C=O) groups is 1. The lowest BCUT2D eigenvalue weighted by atomic mass is 10.2. The maximum atomic E-state index is 11.6. The first kappa shape index (κ1) is 14.9. The van der Waals surface area contributed by atoms with Gasteiger partial charge in [0.25, 0.3) is 0 Å². The van der Waals surface area contributed by atoms with Gasteiger partial charge in [0.05, 0.1) is 12.7 Å². The fourth-order valence-electron chi connectivity index (χ4n) is 1.47. The first-order valence-corrected chi connectivity index (χ1v) is 8.10. The molecule has 0 heterocycles. The zero-order valence-corrected chi connectivity index (χ0v) is 14.6. The highest BCUT2D eigenvalue weighted by Crippen LogP contribution is 2.30. The lowest BCUT2D eigenvalue weighted by Crippen LogP contribution is -2.03. The van der Waals surface area contributed by atoms with Crippen molar-refractivity contribution in [3.8, 4) is 0 Å². The van der Waals surface area contributed by atoms with E-state index >= 15 is 0 Å². The second-order valence-corrected chi connectivity index (χ2v) is 6.91. The third kappa shape index (κ3) is 3.97.